The van der Waals surface area contributed by atoms with Gasteiger partial charge in [0.1, 0.15) is 47.7 Å². The van der Waals surface area contributed by atoms with Crippen LogP contribution in [0, 0.1) is 0 Å². The minimum atomic E-state index is -0.689. The van der Waals surface area contributed by atoms with Crippen LogP contribution in [0.25, 0.3) is 0 Å². The van der Waals surface area contributed by atoms with E-state index in [-0.39, 0.29) is 26.4 Å². The molecule has 0 spiro atoms. The maximum Gasteiger partial charge on any atom is 0.410 e. The van der Waals surface area contributed by atoms with E-state index in [1.54, 1.807) is 58.2 Å². The predicted molar refractivity (Wildman–Crippen MR) is 246 cm³/mol. The van der Waals surface area contributed by atoms with Gasteiger partial charge >= 0.3 is 12.2 Å². The Kier molecular flexibility index (Phi) is 19.3. The van der Waals surface area contributed by atoms with Gasteiger partial charge in [-0.15, -0.1) is 0 Å². The molecule has 0 fully saturated rings. The third-order valence-electron chi connectivity index (χ3n) is 9.95. The molecule has 5 aromatic carbocycles. The van der Waals surface area contributed by atoms with Crippen LogP contribution < -0.4 is 33.3 Å². The summed E-state index contributed by atoms with van der Waals surface area (Å²) in [7, 11) is 10.3. The third kappa shape index (κ3) is 16.3. The van der Waals surface area contributed by atoms with Crippen molar-refractivity contribution in [1.29, 1.82) is 0 Å². The van der Waals surface area contributed by atoms with Gasteiger partial charge in [0.15, 0.2) is 12.6 Å². The van der Waals surface area contributed by atoms with Crippen molar-refractivity contribution in [3.8, 4) is 34.5 Å². The lowest BCUT2D eigenvalue weighted by molar-refractivity contribution is -0.0818. The van der Waals surface area contributed by atoms with Gasteiger partial charge in [-0.3, -0.25) is 9.80 Å². The van der Waals surface area contributed by atoms with Gasteiger partial charge < -0.3 is 52.3 Å². The largest absolute Gasteiger partial charge is 0.497 e. The number of hydrogen-bond acceptors (Lipinski definition) is 13. The van der Waals surface area contributed by atoms with E-state index < -0.39 is 24.8 Å². The summed E-state index contributed by atoms with van der Waals surface area (Å²) in [5.74, 6) is 3.91. The zero-order valence-corrected chi connectivity index (χ0v) is 38.5. The average molecular weight is 896 g/mol. The number of ether oxygens (including phenoxy) is 10. The highest BCUT2D eigenvalue weighted by molar-refractivity contribution is 5.68. The van der Waals surface area contributed by atoms with E-state index in [2.05, 4.69) is 0 Å². The van der Waals surface area contributed by atoms with Gasteiger partial charge in [0, 0.05) is 64.2 Å². The number of rotatable bonds is 25. The van der Waals surface area contributed by atoms with Crippen molar-refractivity contribution in [2.45, 2.75) is 52.6 Å². The van der Waals surface area contributed by atoms with Crippen molar-refractivity contribution in [3.05, 3.63) is 138 Å². The summed E-state index contributed by atoms with van der Waals surface area (Å²) in [4.78, 5) is 31.9. The molecule has 2 amide bonds. The molecule has 5 aromatic rings. The van der Waals surface area contributed by atoms with E-state index in [9.17, 15) is 9.59 Å². The minimum Gasteiger partial charge on any atom is -0.497 e. The molecule has 348 valence electrons. The van der Waals surface area contributed by atoms with E-state index in [0.29, 0.717) is 37.7 Å². The van der Waals surface area contributed by atoms with Gasteiger partial charge in [-0.1, -0.05) is 48.5 Å². The van der Waals surface area contributed by atoms with Gasteiger partial charge in [0.2, 0.25) is 0 Å². The first kappa shape index (κ1) is 49.2. The fourth-order valence-corrected chi connectivity index (χ4v) is 6.45. The zero-order valence-electron chi connectivity index (χ0n) is 38.5. The number of hydrogen-bond donors (Lipinski definition) is 0. The molecule has 0 heterocycles. The molecule has 0 aliphatic carbocycles. The van der Waals surface area contributed by atoms with E-state index >= 15 is 0 Å². The Balaban J connectivity index is 1.09. The van der Waals surface area contributed by atoms with Gasteiger partial charge in [-0.2, -0.15) is 0 Å². The van der Waals surface area contributed by atoms with E-state index in [1.165, 1.54) is 0 Å². The number of anilines is 1. The number of carbonyl (C=O) groups is 2. The fourth-order valence-electron chi connectivity index (χ4n) is 6.45. The summed E-state index contributed by atoms with van der Waals surface area (Å²) in [5, 5.41) is 0. The van der Waals surface area contributed by atoms with Gasteiger partial charge in [0.05, 0.1) is 41.7 Å². The first-order valence-electron chi connectivity index (χ1n) is 21.2. The Bertz CT molecular complexity index is 1940. The summed E-state index contributed by atoms with van der Waals surface area (Å²) in [6, 6.07) is 35.6. The Hall–Kier alpha value is -6.84. The lowest BCUT2D eigenvalue weighted by atomic mass is 10.1. The highest BCUT2D eigenvalue weighted by Gasteiger charge is 2.19. The number of benzene rings is 5. The standard InChI is InChI=1S/C50H61N3O12/c1-36(60-25-27-62-49(54)52(32-38-9-17-43(56-5)18-10-38)33-39-11-19-44(57-6)20-12-39)64-47-29-42(51(3)4)30-48(31-47)65-37(2)61-26-28-63-50(55)53(34-40-13-21-45(58-7)22-14-40)35-41-15-23-46(59-8)24-16-41/h9-24,29-31,36-37H,25-28,32-35H2,1-8H3. The van der Waals surface area contributed by atoms with Gasteiger partial charge in [-0.25, -0.2) is 9.59 Å². The highest BCUT2D eigenvalue weighted by Crippen LogP contribution is 2.30. The fraction of sp³-hybridized carbons (Fsp3) is 0.360. The maximum atomic E-state index is 13.4. The Morgan fingerprint density at radius 1 is 0.431 bits per heavy atom. The van der Waals surface area contributed by atoms with Crippen molar-refractivity contribution in [2.75, 3.05) is 73.9 Å². The van der Waals surface area contributed by atoms with E-state index in [4.69, 9.17) is 47.4 Å². The summed E-state index contributed by atoms with van der Waals surface area (Å²) in [5.41, 5.74) is 4.51. The number of carbonyl (C=O) groups excluding carboxylic acids is 2. The van der Waals surface area contributed by atoms with Crippen LogP contribution in [0.2, 0.25) is 0 Å². The Morgan fingerprint density at radius 2 is 0.723 bits per heavy atom. The molecule has 0 bridgehead atoms. The first-order valence-corrected chi connectivity index (χ1v) is 21.2. The summed E-state index contributed by atoms with van der Waals surface area (Å²) in [6.07, 6.45) is -2.35. The summed E-state index contributed by atoms with van der Waals surface area (Å²) in [6.45, 7) is 5.04. The van der Waals surface area contributed by atoms with Crippen LogP contribution in [0.5, 0.6) is 34.5 Å². The molecule has 0 aromatic heterocycles. The second kappa shape index (κ2) is 25.5. The zero-order chi connectivity index (χ0) is 46.6. The second-order valence-corrected chi connectivity index (χ2v) is 15.0. The van der Waals surface area contributed by atoms with Crippen molar-refractivity contribution in [1.82, 2.24) is 9.80 Å². The third-order valence-corrected chi connectivity index (χ3v) is 9.95. The molecule has 5 rings (SSSR count). The molecular weight excluding hydrogens is 835 g/mol. The lowest BCUT2D eigenvalue weighted by Crippen LogP contribution is -2.32. The van der Waals surface area contributed by atoms with Crippen LogP contribution in [0.1, 0.15) is 36.1 Å². The molecule has 0 aliphatic rings. The van der Waals surface area contributed by atoms with Crippen molar-refractivity contribution in [2.24, 2.45) is 0 Å². The summed E-state index contributed by atoms with van der Waals surface area (Å²) >= 11 is 0. The molecule has 65 heavy (non-hydrogen) atoms. The monoisotopic (exact) mass is 895 g/mol. The second-order valence-electron chi connectivity index (χ2n) is 15.0. The molecule has 0 N–H and O–H groups in total. The van der Waals surface area contributed by atoms with Crippen molar-refractivity contribution >= 4 is 17.9 Å². The van der Waals surface area contributed by atoms with Crippen LogP contribution >= 0.6 is 0 Å². The highest BCUT2D eigenvalue weighted by atomic mass is 16.7. The minimum absolute atomic E-state index is 0.00783. The van der Waals surface area contributed by atoms with E-state index in [1.807, 2.05) is 128 Å². The maximum absolute atomic E-state index is 13.4. The molecule has 15 heteroatoms. The molecule has 15 nitrogen and oxygen atoms in total. The molecule has 2 atom stereocenters. The van der Waals surface area contributed by atoms with Crippen LogP contribution in [-0.4, -0.2) is 104 Å². The first-order chi connectivity index (χ1) is 31.4. The van der Waals surface area contributed by atoms with Gasteiger partial charge in [0.25, 0.3) is 0 Å². The number of nitrogens with zero attached hydrogens (tertiary/aromatic N) is 3. The number of methoxy groups -OCH3 is 4. The Labute approximate surface area is 382 Å². The van der Waals surface area contributed by atoms with Crippen LogP contribution in [0.4, 0.5) is 15.3 Å². The molecular formula is C50H61N3O12. The molecule has 0 radical (unpaired) electrons. The molecule has 2 unspecified atom stereocenters. The number of amides is 2. The van der Waals surface area contributed by atoms with Crippen LogP contribution in [0.15, 0.2) is 115 Å². The normalized spacial score (nSPS) is 11.7. The van der Waals surface area contributed by atoms with Crippen LogP contribution in [0.3, 0.4) is 0 Å². The molecule has 0 saturated heterocycles. The van der Waals surface area contributed by atoms with Crippen molar-refractivity contribution < 1.29 is 57.0 Å². The average Bonchev–Trinajstić information content (AvgIpc) is 3.32. The SMILES string of the molecule is COc1ccc(CN(Cc2ccc(OC)cc2)C(=O)OCCOC(C)Oc2cc(OC(C)OCCOC(=O)N(Cc3ccc(OC)cc3)Cc3ccc(OC)cc3)cc(N(C)C)c2)cc1. The molecule has 0 aliphatic heterocycles. The quantitative estimate of drug-likeness (QED) is 0.0408. The topological polar surface area (TPSA) is 136 Å². The summed E-state index contributed by atoms with van der Waals surface area (Å²) < 4.78 is 56.5. The molecule has 0 saturated carbocycles. The predicted octanol–water partition coefficient (Wildman–Crippen LogP) is 8.95. The van der Waals surface area contributed by atoms with Gasteiger partial charge in [-0.05, 0) is 84.6 Å². The Morgan fingerprint density at radius 3 is 0.985 bits per heavy atom. The smallest absolute Gasteiger partial charge is 0.410 e. The lowest BCUT2D eigenvalue weighted by Gasteiger charge is -2.24. The van der Waals surface area contributed by atoms with Crippen LogP contribution in [-0.2, 0) is 45.1 Å². The van der Waals surface area contributed by atoms with Crippen molar-refractivity contribution in [3.63, 3.8) is 0 Å². The van der Waals surface area contributed by atoms with E-state index in [0.717, 1.165) is 50.9 Å².